The second kappa shape index (κ2) is 12.0. The van der Waals surface area contributed by atoms with Crippen molar-refractivity contribution in [2.45, 2.75) is 64.0 Å². The average molecular weight is 569 g/mol. The highest BCUT2D eigenvalue weighted by molar-refractivity contribution is 14.0. The SMILES string of the molecule is CCNC(=NCC1CCN(S(=O)(=O)C(F)(F)F)CC1)NC1CCN(C(C)C)CC1.I. The molecule has 0 aliphatic carbocycles. The number of sulfonamides is 1. The summed E-state index contributed by atoms with van der Waals surface area (Å²) in [5, 5.41) is 6.69. The van der Waals surface area contributed by atoms with E-state index in [-0.39, 0.29) is 43.0 Å². The van der Waals surface area contributed by atoms with Crippen LogP contribution in [0.5, 0.6) is 0 Å². The van der Waals surface area contributed by atoms with Crippen LogP contribution in [0.1, 0.15) is 46.5 Å². The Hall–Kier alpha value is -0.340. The zero-order chi connectivity index (χ0) is 21.7. The van der Waals surface area contributed by atoms with Gasteiger partial charge in [0, 0.05) is 51.4 Å². The quantitative estimate of drug-likeness (QED) is 0.292. The number of piperidine rings is 2. The zero-order valence-corrected chi connectivity index (χ0v) is 21.1. The Morgan fingerprint density at radius 2 is 1.67 bits per heavy atom. The van der Waals surface area contributed by atoms with E-state index in [1.807, 2.05) is 6.92 Å². The molecule has 0 unspecified atom stereocenters. The van der Waals surface area contributed by atoms with E-state index in [1.165, 1.54) is 0 Å². The Morgan fingerprint density at radius 1 is 1.10 bits per heavy atom. The first-order chi connectivity index (χ1) is 13.5. The van der Waals surface area contributed by atoms with Crippen molar-refractivity contribution < 1.29 is 21.6 Å². The minimum atomic E-state index is -5.23. The second-order valence-electron chi connectivity index (χ2n) is 8.06. The third kappa shape index (κ3) is 7.66. The number of nitrogens with zero attached hydrogens (tertiary/aromatic N) is 3. The fourth-order valence-corrected chi connectivity index (χ4v) is 4.76. The molecular weight excluding hydrogens is 534 g/mol. The molecule has 0 bridgehead atoms. The van der Waals surface area contributed by atoms with Gasteiger partial charge in [-0.1, -0.05) is 0 Å². The minimum absolute atomic E-state index is 0. The maximum atomic E-state index is 12.7. The maximum Gasteiger partial charge on any atom is 0.511 e. The van der Waals surface area contributed by atoms with Crippen molar-refractivity contribution in [1.29, 1.82) is 0 Å². The molecule has 178 valence electrons. The molecule has 2 fully saturated rings. The van der Waals surface area contributed by atoms with Gasteiger partial charge in [0.15, 0.2) is 5.96 Å². The number of guanidine groups is 1. The van der Waals surface area contributed by atoms with Gasteiger partial charge < -0.3 is 15.5 Å². The van der Waals surface area contributed by atoms with E-state index in [4.69, 9.17) is 0 Å². The molecule has 2 saturated heterocycles. The number of aliphatic imine (C=N–C) groups is 1. The Kier molecular flexibility index (Phi) is 11.1. The highest BCUT2D eigenvalue weighted by atomic mass is 127. The van der Waals surface area contributed by atoms with Crippen molar-refractivity contribution >= 4 is 40.0 Å². The van der Waals surface area contributed by atoms with Gasteiger partial charge in [0.1, 0.15) is 0 Å². The number of hydrogen-bond acceptors (Lipinski definition) is 4. The molecule has 0 atom stereocenters. The predicted octanol–water partition coefficient (Wildman–Crippen LogP) is 2.59. The van der Waals surface area contributed by atoms with E-state index < -0.39 is 15.5 Å². The lowest BCUT2D eigenvalue weighted by Gasteiger charge is -2.35. The van der Waals surface area contributed by atoms with Gasteiger partial charge in [-0.25, -0.2) is 8.42 Å². The third-order valence-corrected chi connectivity index (χ3v) is 7.29. The molecule has 2 heterocycles. The smallest absolute Gasteiger partial charge is 0.357 e. The van der Waals surface area contributed by atoms with Crippen LogP contribution in [0.2, 0.25) is 0 Å². The lowest BCUT2D eigenvalue weighted by atomic mass is 9.98. The Morgan fingerprint density at radius 3 is 2.13 bits per heavy atom. The van der Waals surface area contributed by atoms with Gasteiger partial charge in [-0.15, -0.1) is 24.0 Å². The van der Waals surface area contributed by atoms with Gasteiger partial charge in [0.05, 0.1) is 0 Å². The lowest BCUT2D eigenvalue weighted by molar-refractivity contribution is -0.0496. The van der Waals surface area contributed by atoms with Gasteiger partial charge in [0.25, 0.3) is 0 Å². The summed E-state index contributed by atoms with van der Waals surface area (Å²) in [5.74, 6) is 0.800. The standard InChI is InChI=1S/C18H34F3N5O2S.HI/c1-4-22-17(24-16-7-9-25(10-8-16)14(2)3)23-13-15-5-11-26(12-6-15)29(27,28)18(19,20)21;/h14-16H,4-13H2,1-3H3,(H2,22,23,24);1H. The molecular formula is C18H35F3IN5O2S. The number of halogens is 4. The molecule has 0 radical (unpaired) electrons. The van der Waals surface area contributed by atoms with Crippen LogP contribution in [0, 0.1) is 5.92 Å². The molecule has 0 spiro atoms. The highest BCUT2D eigenvalue weighted by Crippen LogP contribution is 2.30. The molecule has 7 nitrogen and oxygen atoms in total. The van der Waals surface area contributed by atoms with Crippen LogP contribution in [0.15, 0.2) is 4.99 Å². The minimum Gasteiger partial charge on any atom is -0.357 e. The summed E-state index contributed by atoms with van der Waals surface area (Å²) in [7, 11) is -5.22. The van der Waals surface area contributed by atoms with Crippen molar-refractivity contribution in [3.8, 4) is 0 Å². The van der Waals surface area contributed by atoms with Crippen molar-refractivity contribution in [2.24, 2.45) is 10.9 Å². The summed E-state index contributed by atoms with van der Waals surface area (Å²) in [6, 6.07) is 0.895. The fraction of sp³-hybridized carbons (Fsp3) is 0.944. The molecule has 0 aromatic carbocycles. The molecule has 0 aromatic rings. The Bertz CT molecular complexity index is 645. The molecule has 0 amide bonds. The van der Waals surface area contributed by atoms with Crippen molar-refractivity contribution in [3.63, 3.8) is 0 Å². The molecule has 30 heavy (non-hydrogen) atoms. The predicted molar refractivity (Wildman–Crippen MR) is 124 cm³/mol. The van der Waals surface area contributed by atoms with E-state index in [0.29, 0.717) is 35.8 Å². The summed E-state index contributed by atoms with van der Waals surface area (Å²) >= 11 is 0. The number of alkyl halides is 3. The number of hydrogen-bond donors (Lipinski definition) is 2. The molecule has 2 rings (SSSR count). The van der Waals surface area contributed by atoms with Crippen LogP contribution in [0.4, 0.5) is 13.2 Å². The van der Waals surface area contributed by atoms with Gasteiger partial charge in [-0.05, 0) is 52.4 Å². The van der Waals surface area contributed by atoms with E-state index >= 15 is 0 Å². The van der Waals surface area contributed by atoms with E-state index in [9.17, 15) is 21.6 Å². The first-order valence-corrected chi connectivity index (χ1v) is 11.8. The van der Waals surface area contributed by atoms with Crippen LogP contribution >= 0.6 is 24.0 Å². The Balaban J connectivity index is 0.00000450. The molecule has 0 aromatic heterocycles. The number of rotatable bonds is 6. The third-order valence-electron chi connectivity index (χ3n) is 5.66. The maximum absolute atomic E-state index is 12.7. The van der Waals surface area contributed by atoms with Gasteiger partial charge in [-0.2, -0.15) is 17.5 Å². The van der Waals surface area contributed by atoms with E-state index in [2.05, 4.69) is 34.4 Å². The summed E-state index contributed by atoms with van der Waals surface area (Å²) < 4.78 is 61.6. The molecule has 2 N–H and O–H groups in total. The van der Waals surface area contributed by atoms with Crippen LogP contribution < -0.4 is 10.6 Å². The van der Waals surface area contributed by atoms with Crippen LogP contribution in [0.3, 0.4) is 0 Å². The normalized spacial score (nSPS) is 21.5. The van der Waals surface area contributed by atoms with Crippen molar-refractivity contribution in [3.05, 3.63) is 0 Å². The van der Waals surface area contributed by atoms with Crippen LogP contribution in [-0.2, 0) is 10.0 Å². The van der Waals surface area contributed by atoms with Gasteiger partial charge >= 0.3 is 15.5 Å². The van der Waals surface area contributed by atoms with Crippen molar-refractivity contribution in [1.82, 2.24) is 19.8 Å². The van der Waals surface area contributed by atoms with Gasteiger partial charge in [-0.3, -0.25) is 4.99 Å². The number of likely N-dealkylation sites (tertiary alicyclic amines) is 1. The second-order valence-corrected chi connectivity index (χ2v) is 9.99. The van der Waals surface area contributed by atoms with Crippen molar-refractivity contribution in [2.75, 3.05) is 39.3 Å². The zero-order valence-electron chi connectivity index (χ0n) is 17.9. The molecule has 0 saturated carbocycles. The molecule has 2 aliphatic rings. The summed E-state index contributed by atoms with van der Waals surface area (Å²) in [6.45, 7) is 9.44. The number of nitrogens with one attached hydrogen (secondary N) is 2. The van der Waals surface area contributed by atoms with Crippen LogP contribution in [-0.4, -0.2) is 80.4 Å². The fourth-order valence-electron chi connectivity index (χ4n) is 3.77. The largest absolute Gasteiger partial charge is 0.511 e. The monoisotopic (exact) mass is 569 g/mol. The molecule has 12 heteroatoms. The first-order valence-electron chi connectivity index (χ1n) is 10.4. The summed E-state index contributed by atoms with van der Waals surface area (Å²) in [5.41, 5.74) is -5.23. The highest BCUT2D eigenvalue weighted by Gasteiger charge is 2.50. The van der Waals surface area contributed by atoms with E-state index in [1.54, 1.807) is 0 Å². The lowest BCUT2D eigenvalue weighted by Crippen LogP contribution is -2.50. The molecule has 2 aliphatic heterocycles. The average Bonchev–Trinajstić information content (AvgIpc) is 2.66. The van der Waals surface area contributed by atoms with Crippen LogP contribution in [0.25, 0.3) is 0 Å². The summed E-state index contributed by atoms with van der Waals surface area (Å²) in [4.78, 5) is 7.06. The Labute approximate surface area is 195 Å². The van der Waals surface area contributed by atoms with E-state index in [0.717, 1.165) is 38.4 Å². The summed E-state index contributed by atoms with van der Waals surface area (Å²) in [6.07, 6.45) is 2.84. The first kappa shape index (κ1) is 27.7. The topological polar surface area (TPSA) is 77.0 Å². The van der Waals surface area contributed by atoms with Gasteiger partial charge in [0.2, 0.25) is 0 Å².